The van der Waals surface area contributed by atoms with Gasteiger partial charge in [-0.25, -0.2) is 0 Å². The predicted molar refractivity (Wildman–Crippen MR) is 55.0 cm³/mol. The van der Waals surface area contributed by atoms with Crippen molar-refractivity contribution in [3.05, 3.63) is 11.1 Å². The number of carbonyl (C=O) groups excluding carboxylic acids is 1. The molecule has 0 N–H and O–H groups in total. The number of hydrogen-bond acceptors (Lipinski definition) is 3. The van der Waals surface area contributed by atoms with Crippen LogP contribution in [0.3, 0.4) is 0 Å². The topological polar surface area (TPSA) is 38.8 Å². The van der Waals surface area contributed by atoms with Gasteiger partial charge in [0.25, 0.3) is 0 Å². The Hall–Kier alpha value is -0.350. The van der Waals surface area contributed by atoms with Gasteiger partial charge < -0.3 is 9.47 Å². The molecule has 4 heteroatoms. The van der Waals surface area contributed by atoms with Crippen LogP contribution in [0.2, 0.25) is 0 Å². The molecule has 0 bridgehead atoms. The maximum atomic E-state index is 11.5. The van der Waals surface area contributed by atoms with Gasteiger partial charge in [-0.15, -0.1) is 0 Å². The van der Waals surface area contributed by atoms with E-state index in [2.05, 4.69) is 22.5 Å². The van der Waals surface area contributed by atoms with E-state index in [1.165, 1.54) is 0 Å². The Kier molecular flexibility index (Phi) is 2.93. The van der Waals surface area contributed by atoms with Crippen molar-refractivity contribution in [2.75, 3.05) is 6.61 Å². The van der Waals surface area contributed by atoms with Gasteiger partial charge >= 0.3 is 5.97 Å². The lowest BCUT2D eigenvalue weighted by Gasteiger charge is -2.17. The number of hydrogen-bond donors (Lipinski definition) is 0. The van der Waals surface area contributed by atoms with Crippen molar-refractivity contribution in [3.63, 3.8) is 0 Å². The molecule has 0 spiro atoms. The molecule has 2 aliphatic rings. The fraction of sp³-hybridized carbons (Fsp3) is 0.700. The Morgan fingerprint density at radius 1 is 1.50 bits per heavy atom. The molecule has 0 aromatic heterocycles. The van der Waals surface area contributed by atoms with E-state index < -0.39 is 0 Å². The molecule has 2 fully saturated rings. The van der Waals surface area contributed by atoms with Crippen LogP contribution in [0.1, 0.15) is 19.3 Å². The van der Waals surface area contributed by atoms with Gasteiger partial charge in [0, 0.05) is 4.48 Å². The van der Waals surface area contributed by atoms with Crippen LogP contribution in [-0.2, 0) is 14.3 Å². The van der Waals surface area contributed by atoms with Crippen molar-refractivity contribution < 1.29 is 14.3 Å². The minimum absolute atomic E-state index is 0.0330. The van der Waals surface area contributed by atoms with Crippen molar-refractivity contribution in [1.82, 2.24) is 0 Å². The van der Waals surface area contributed by atoms with Gasteiger partial charge in [0.1, 0.15) is 6.61 Å². The molecule has 1 aliphatic carbocycles. The molecule has 1 saturated carbocycles. The summed E-state index contributed by atoms with van der Waals surface area (Å²) in [7, 11) is 0. The highest BCUT2D eigenvalue weighted by atomic mass is 79.9. The molecule has 1 aliphatic heterocycles. The van der Waals surface area contributed by atoms with Gasteiger partial charge in [-0.1, -0.05) is 22.5 Å². The predicted octanol–water partition coefficient (Wildman–Crippen LogP) is 2.01. The Bertz CT molecular complexity index is 264. The average Bonchev–Trinajstić information content (AvgIpc) is 2.91. The van der Waals surface area contributed by atoms with E-state index in [0.717, 1.165) is 19.3 Å². The Labute approximate surface area is 91.6 Å². The number of carbonyl (C=O) groups is 1. The maximum Gasteiger partial charge on any atom is 0.309 e. The molecule has 0 aromatic carbocycles. The summed E-state index contributed by atoms with van der Waals surface area (Å²) in [5, 5.41) is 0. The summed E-state index contributed by atoms with van der Waals surface area (Å²) in [5.41, 5.74) is 0. The molecule has 2 rings (SSSR count). The highest BCUT2D eigenvalue weighted by molar-refractivity contribution is 9.11. The highest BCUT2D eigenvalue weighted by Gasteiger charge is 2.46. The lowest BCUT2D eigenvalue weighted by molar-refractivity contribution is -0.148. The van der Waals surface area contributed by atoms with Gasteiger partial charge in [0.15, 0.2) is 0 Å². The van der Waals surface area contributed by atoms with Crippen LogP contribution in [-0.4, -0.2) is 24.8 Å². The molecule has 14 heavy (non-hydrogen) atoms. The molecule has 3 atom stereocenters. The minimum atomic E-state index is -0.112. The van der Waals surface area contributed by atoms with Gasteiger partial charge in [-0.05, 0) is 19.3 Å². The number of halogens is 1. The maximum absolute atomic E-state index is 11.5. The number of esters is 1. The van der Waals surface area contributed by atoms with E-state index in [-0.39, 0.29) is 18.5 Å². The first-order chi connectivity index (χ1) is 6.66. The van der Waals surface area contributed by atoms with Crippen molar-refractivity contribution in [1.29, 1.82) is 0 Å². The Morgan fingerprint density at radius 2 is 2.29 bits per heavy atom. The summed E-state index contributed by atoms with van der Waals surface area (Å²) in [5.74, 6) is -0.0786. The molecular weight excluding hydrogens is 248 g/mol. The minimum Gasteiger partial charge on any atom is -0.460 e. The van der Waals surface area contributed by atoms with Crippen LogP contribution in [0.25, 0.3) is 0 Å². The lowest BCUT2D eigenvalue weighted by atomic mass is 9.89. The largest absolute Gasteiger partial charge is 0.460 e. The smallest absolute Gasteiger partial charge is 0.309 e. The highest BCUT2D eigenvalue weighted by Crippen LogP contribution is 2.39. The number of ether oxygens (including phenoxy) is 2. The SMILES string of the molecule is C=C(Br)COC(=O)C1CCC2OC2C1. The molecular formula is C10H13BrO3. The summed E-state index contributed by atoms with van der Waals surface area (Å²) in [6.07, 6.45) is 3.49. The van der Waals surface area contributed by atoms with Crippen LogP contribution < -0.4 is 0 Å². The summed E-state index contributed by atoms with van der Waals surface area (Å²) in [4.78, 5) is 11.5. The summed E-state index contributed by atoms with van der Waals surface area (Å²) >= 11 is 3.15. The third-order valence-corrected chi connectivity index (χ3v) is 2.94. The summed E-state index contributed by atoms with van der Waals surface area (Å²) in [6.45, 7) is 3.88. The van der Waals surface area contributed by atoms with Crippen molar-refractivity contribution >= 4 is 21.9 Å². The monoisotopic (exact) mass is 260 g/mol. The lowest BCUT2D eigenvalue weighted by Crippen LogP contribution is -2.24. The Morgan fingerprint density at radius 3 is 2.93 bits per heavy atom. The van der Waals surface area contributed by atoms with E-state index in [1.54, 1.807) is 0 Å². The Balaban J connectivity index is 1.76. The van der Waals surface area contributed by atoms with E-state index >= 15 is 0 Å². The first-order valence-corrected chi connectivity index (χ1v) is 5.61. The quantitative estimate of drug-likeness (QED) is 0.576. The third-order valence-electron chi connectivity index (χ3n) is 2.71. The average molecular weight is 261 g/mol. The summed E-state index contributed by atoms with van der Waals surface area (Å²) < 4.78 is 11.1. The van der Waals surface area contributed by atoms with Crippen LogP contribution in [0.4, 0.5) is 0 Å². The number of fused-ring (bicyclic) bond motifs is 1. The number of epoxide rings is 1. The second-order valence-electron chi connectivity index (χ2n) is 3.85. The third kappa shape index (κ3) is 2.36. The second-order valence-corrected chi connectivity index (χ2v) is 4.97. The zero-order valence-corrected chi connectivity index (χ0v) is 9.46. The van der Waals surface area contributed by atoms with Crippen molar-refractivity contribution in [3.8, 4) is 0 Å². The summed E-state index contributed by atoms with van der Waals surface area (Å²) in [6, 6.07) is 0. The standard InChI is InChI=1S/C10H13BrO3/c1-6(11)5-13-10(12)7-2-3-8-9(4-7)14-8/h7-9H,1-5H2. The van der Waals surface area contributed by atoms with Crippen molar-refractivity contribution in [2.45, 2.75) is 31.5 Å². The van der Waals surface area contributed by atoms with Gasteiger partial charge in [-0.2, -0.15) is 0 Å². The molecule has 1 heterocycles. The molecule has 3 nitrogen and oxygen atoms in total. The van der Waals surface area contributed by atoms with Crippen molar-refractivity contribution in [2.24, 2.45) is 5.92 Å². The first kappa shape index (κ1) is 10.2. The normalized spacial score (nSPS) is 34.5. The molecule has 78 valence electrons. The molecule has 0 aromatic rings. The molecule has 0 radical (unpaired) electrons. The van der Waals surface area contributed by atoms with Gasteiger partial charge in [-0.3, -0.25) is 4.79 Å². The zero-order chi connectivity index (χ0) is 10.1. The second kappa shape index (κ2) is 4.03. The fourth-order valence-electron chi connectivity index (χ4n) is 1.89. The van der Waals surface area contributed by atoms with Gasteiger partial charge in [0.2, 0.25) is 0 Å². The van der Waals surface area contributed by atoms with E-state index in [9.17, 15) is 4.79 Å². The fourth-order valence-corrected chi connectivity index (χ4v) is 2.00. The molecule has 1 saturated heterocycles. The van der Waals surface area contributed by atoms with Gasteiger partial charge in [0.05, 0.1) is 18.1 Å². The molecule has 3 unspecified atom stereocenters. The van der Waals surface area contributed by atoms with Crippen LogP contribution >= 0.6 is 15.9 Å². The van der Waals surface area contributed by atoms with E-state index in [1.807, 2.05) is 0 Å². The zero-order valence-electron chi connectivity index (χ0n) is 7.87. The number of rotatable bonds is 3. The van der Waals surface area contributed by atoms with E-state index in [4.69, 9.17) is 9.47 Å². The molecule has 0 amide bonds. The van der Waals surface area contributed by atoms with Crippen LogP contribution in [0.5, 0.6) is 0 Å². The van der Waals surface area contributed by atoms with Crippen LogP contribution in [0, 0.1) is 5.92 Å². The van der Waals surface area contributed by atoms with E-state index in [0.29, 0.717) is 16.7 Å². The van der Waals surface area contributed by atoms with Crippen LogP contribution in [0.15, 0.2) is 11.1 Å². The first-order valence-electron chi connectivity index (χ1n) is 4.82.